The van der Waals surface area contributed by atoms with Gasteiger partial charge in [0.15, 0.2) is 17.3 Å². The molecule has 0 aliphatic heterocycles. The largest absolute Gasteiger partial charge is 0.332 e. The monoisotopic (exact) mass is 179 g/mol. The maximum absolute atomic E-state index is 13.1. The van der Waals surface area contributed by atoms with Gasteiger partial charge >= 0.3 is 0 Å². The van der Waals surface area contributed by atoms with Crippen LogP contribution >= 0.6 is 0 Å². The zero-order valence-corrected chi connectivity index (χ0v) is 6.86. The average Bonchev–Trinajstić information content (AvgIpc) is 2.53. The Morgan fingerprint density at radius 2 is 2.31 bits per heavy atom. The number of hydrogen-bond donors (Lipinski definition) is 0. The van der Waals surface area contributed by atoms with Crippen LogP contribution in [0.25, 0.3) is 11.6 Å². The smallest absolute Gasteiger partial charge is 0.279 e. The van der Waals surface area contributed by atoms with Crippen molar-refractivity contribution in [3.63, 3.8) is 0 Å². The summed E-state index contributed by atoms with van der Waals surface area (Å²) in [6.07, 6.45) is 1.47. The first-order valence-corrected chi connectivity index (χ1v) is 3.68. The summed E-state index contributed by atoms with van der Waals surface area (Å²) in [7, 11) is 0. The first-order valence-electron chi connectivity index (χ1n) is 3.68. The molecule has 5 heteroatoms. The molecule has 0 atom stereocenters. The third-order valence-corrected chi connectivity index (χ3v) is 1.49. The molecule has 0 bridgehead atoms. The van der Waals surface area contributed by atoms with Gasteiger partial charge in [-0.2, -0.15) is 4.98 Å². The van der Waals surface area contributed by atoms with Gasteiger partial charge in [-0.1, -0.05) is 5.16 Å². The number of aryl methyl sites for hydroxylation is 1. The lowest BCUT2D eigenvalue weighted by Gasteiger charge is -1.92. The summed E-state index contributed by atoms with van der Waals surface area (Å²) in [5.74, 6) is 0.0989. The molecule has 2 aromatic heterocycles. The summed E-state index contributed by atoms with van der Waals surface area (Å²) in [6, 6.07) is 2.80. The van der Waals surface area contributed by atoms with E-state index in [1.807, 2.05) is 0 Å². The fourth-order valence-corrected chi connectivity index (χ4v) is 0.936. The molecule has 2 aromatic rings. The molecule has 4 nitrogen and oxygen atoms in total. The van der Waals surface area contributed by atoms with Crippen LogP contribution in [0.4, 0.5) is 4.39 Å². The van der Waals surface area contributed by atoms with Gasteiger partial charge in [-0.05, 0) is 19.1 Å². The standard InChI is InChI=1S/C8H6FN3O/c1-5-11-8(13-12-5)7-6(9)3-2-4-10-7/h2-4H,1H3. The molecule has 2 heterocycles. The van der Waals surface area contributed by atoms with E-state index in [2.05, 4.69) is 15.1 Å². The highest BCUT2D eigenvalue weighted by Crippen LogP contribution is 2.16. The molecule has 0 aliphatic carbocycles. The Balaban J connectivity index is 2.52. The van der Waals surface area contributed by atoms with E-state index in [0.29, 0.717) is 5.82 Å². The summed E-state index contributed by atoms with van der Waals surface area (Å²) < 4.78 is 17.9. The summed E-state index contributed by atoms with van der Waals surface area (Å²) >= 11 is 0. The Morgan fingerprint density at radius 1 is 1.46 bits per heavy atom. The van der Waals surface area contributed by atoms with Crippen molar-refractivity contribution in [1.29, 1.82) is 0 Å². The zero-order valence-electron chi connectivity index (χ0n) is 6.86. The Labute approximate surface area is 73.4 Å². The lowest BCUT2D eigenvalue weighted by Crippen LogP contribution is -1.87. The fourth-order valence-electron chi connectivity index (χ4n) is 0.936. The van der Waals surface area contributed by atoms with Crippen LogP contribution in [-0.4, -0.2) is 15.1 Å². The number of nitrogens with zero attached hydrogens (tertiary/aromatic N) is 3. The van der Waals surface area contributed by atoms with Gasteiger partial charge in [-0.3, -0.25) is 0 Å². The molecule has 0 unspecified atom stereocenters. The predicted molar refractivity (Wildman–Crippen MR) is 42.2 cm³/mol. The Hall–Kier alpha value is -1.78. The van der Waals surface area contributed by atoms with Gasteiger partial charge < -0.3 is 4.52 Å². The van der Waals surface area contributed by atoms with Crippen LogP contribution < -0.4 is 0 Å². The maximum Gasteiger partial charge on any atom is 0.279 e. The first kappa shape index (κ1) is 7.85. The Kier molecular flexibility index (Phi) is 1.77. The van der Waals surface area contributed by atoms with E-state index in [9.17, 15) is 4.39 Å². The van der Waals surface area contributed by atoms with Gasteiger partial charge in [0.2, 0.25) is 0 Å². The van der Waals surface area contributed by atoms with E-state index in [1.165, 1.54) is 18.3 Å². The van der Waals surface area contributed by atoms with E-state index < -0.39 is 5.82 Å². The molecule has 0 fully saturated rings. The summed E-state index contributed by atoms with van der Waals surface area (Å²) in [5.41, 5.74) is 0.0862. The highest BCUT2D eigenvalue weighted by atomic mass is 19.1. The van der Waals surface area contributed by atoms with Crippen LogP contribution in [0, 0.1) is 12.7 Å². The minimum absolute atomic E-state index is 0.0862. The van der Waals surface area contributed by atoms with E-state index in [1.54, 1.807) is 6.92 Å². The Morgan fingerprint density at radius 3 is 2.92 bits per heavy atom. The van der Waals surface area contributed by atoms with Crippen molar-refractivity contribution in [1.82, 2.24) is 15.1 Å². The average molecular weight is 179 g/mol. The predicted octanol–water partition coefficient (Wildman–Crippen LogP) is 1.58. The summed E-state index contributed by atoms with van der Waals surface area (Å²) in [5, 5.41) is 3.54. The van der Waals surface area contributed by atoms with Crippen molar-refractivity contribution in [2.45, 2.75) is 6.92 Å². The molecule has 0 aromatic carbocycles. The van der Waals surface area contributed by atoms with Gasteiger partial charge in [0.1, 0.15) is 0 Å². The quantitative estimate of drug-likeness (QED) is 0.666. The molecule has 2 rings (SSSR count). The third-order valence-electron chi connectivity index (χ3n) is 1.49. The molecule has 0 spiro atoms. The van der Waals surface area contributed by atoms with Crippen LogP contribution in [0.2, 0.25) is 0 Å². The highest BCUT2D eigenvalue weighted by Gasteiger charge is 2.11. The van der Waals surface area contributed by atoms with Crippen molar-refractivity contribution in [2.24, 2.45) is 0 Å². The van der Waals surface area contributed by atoms with Gasteiger partial charge in [0, 0.05) is 6.20 Å². The molecule has 13 heavy (non-hydrogen) atoms. The van der Waals surface area contributed by atoms with Gasteiger partial charge in [0.25, 0.3) is 5.89 Å². The molecule has 0 saturated carbocycles. The minimum atomic E-state index is -0.467. The fraction of sp³-hybridized carbons (Fsp3) is 0.125. The first-order chi connectivity index (χ1) is 6.27. The number of halogens is 1. The second-order valence-corrected chi connectivity index (χ2v) is 2.48. The number of pyridine rings is 1. The van der Waals surface area contributed by atoms with Gasteiger partial charge in [-0.15, -0.1) is 0 Å². The number of rotatable bonds is 1. The third kappa shape index (κ3) is 1.40. The molecular formula is C8H6FN3O. The van der Waals surface area contributed by atoms with Crippen LogP contribution in [0.3, 0.4) is 0 Å². The van der Waals surface area contributed by atoms with Gasteiger partial charge in [0.05, 0.1) is 0 Å². The van der Waals surface area contributed by atoms with Crippen molar-refractivity contribution in [3.05, 3.63) is 30.0 Å². The minimum Gasteiger partial charge on any atom is -0.332 e. The number of hydrogen-bond acceptors (Lipinski definition) is 4. The van der Waals surface area contributed by atoms with E-state index in [0.717, 1.165) is 0 Å². The van der Waals surface area contributed by atoms with Crippen molar-refractivity contribution < 1.29 is 8.91 Å². The summed E-state index contributed by atoms with van der Waals surface area (Å²) in [6.45, 7) is 1.66. The van der Waals surface area contributed by atoms with Crippen LogP contribution in [-0.2, 0) is 0 Å². The lowest BCUT2D eigenvalue weighted by atomic mass is 10.3. The normalized spacial score (nSPS) is 10.3. The summed E-state index contributed by atoms with van der Waals surface area (Å²) in [4.78, 5) is 7.65. The maximum atomic E-state index is 13.1. The van der Waals surface area contributed by atoms with E-state index in [-0.39, 0.29) is 11.6 Å². The second-order valence-electron chi connectivity index (χ2n) is 2.48. The molecule has 0 aliphatic rings. The van der Waals surface area contributed by atoms with Crippen molar-refractivity contribution in [3.8, 4) is 11.6 Å². The molecular weight excluding hydrogens is 173 g/mol. The topological polar surface area (TPSA) is 51.8 Å². The highest BCUT2D eigenvalue weighted by molar-refractivity contribution is 5.46. The molecule has 0 amide bonds. The van der Waals surface area contributed by atoms with Crippen LogP contribution in [0.1, 0.15) is 5.82 Å². The molecule has 0 saturated heterocycles. The Bertz CT molecular complexity index is 427. The van der Waals surface area contributed by atoms with Crippen molar-refractivity contribution >= 4 is 0 Å². The van der Waals surface area contributed by atoms with Crippen LogP contribution in [0.15, 0.2) is 22.9 Å². The van der Waals surface area contributed by atoms with E-state index >= 15 is 0 Å². The molecule has 66 valence electrons. The molecule has 0 radical (unpaired) electrons. The second kappa shape index (κ2) is 2.93. The van der Waals surface area contributed by atoms with Crippen LogP contribution in [0.5, 0.6) is 0 Å². The van der Waals surface area contributed by atoms with Gasteiger partial charge in [-0.25, -0.2) is 9.37 Å². The lowest BCUT2D eigenvalue weighted by molar-refractivity contribution is 0.421. The SMILES string of the molecule is Cc1noc(-c2ncccc2F)n1. The van der Waals surface area contributed by atoms with Crippen molar-refractivity contribution in [2.75, 3.05) is 0 Å². The molecule has 0 N–H and O–H groups in total. The number of aromatic nitrogens is 3. The zero-order chi connectivity index (χ0) is 9.26. The van der Waals surface area contributed by atoms with E-state index in [4.69, 9.17) is 4.52 Å².